The molecule has 0 saturated carbocycles. The minimum Gasteiger partial charge on any atom is -0.497 e. The molecule has 1 aromatic carbocycles. The molecular formula is C16H19N3O4S. The first kappa shape index (κ1) is 17.9. The lowest BCUT2D eigenvalue weighted by molar-refractivity contribution is -0.116. The van der Waals surface area contributed by atoms with E-state index in [1.54, 1.807) is 31.4 Å². The van der Waals surface area contributed by atoms with Crippen LogP contribution < -0.4 is 20.3 Å². The van der Waals surface area contributed by atoms with Gasteiger partial charge in [0.15, 0.2) is 5.16 Å². The predicted octanol–water partition coefficient (Wildman–Crippen LogP) is 1.93. The molecule has 2 aromatic rings. The molecule has 24 heavy (non-hydrogen) atoms. The van der Waals surface area contributed by atoms with Crippen molar-refractivity contribution in [3.8, 4) is 11.5 Å². The smallest absolute Gasteiger partial charge is 0.254 e. The van der Waals surface area contributed by atoms with E-state index in [0.29, 0.717) is 28.0 Å². The topological polar surface area (TPSA) is 82.4 Å². The van der Waals surface area contributed by atoms with Crippen molar-refractivity contribution in [3.05, 3.63) is 40.3 Å². The number of thioether (sulfide) groups is 1. The lowest BCUT2D eigenvalue weighted by Gasteiger charge is -2.13. The summed E-state index contributed by atoms with van der Waals surface area (Å²) in [6.07, 6.45) is 1.81. The van der Waals surface area contributed by atoms with Crippen LogP contribution in [0, 0.1) is 6.92 Å². The number of aromatic nitrogens is 2. The van der Waals surface area contributed by atoms with Crippen LogP contribution in [0.5, 0.6) is 11.5 Å². The Balaban J connectivity index is 2.25. The first-order valence-electron chi connectivity index (χ1n) is 7.12. The van der Waals surface area contributed by atoms with Gasteiger partial charge < -0.3 is 14.8 Å². The van der Waals surface area contributed by atoms with Crippen LogP contribution >= 0.6 is 11.8 Å². The SMILES string of the molecule is COc1ccc(OC)c(NC(=O)Cn2c(SC)nc(C)cc2=O)c1. The number of anilines is 1. The van der Waals surface area contributed by atoms with E-state index in [1.165, 1.54) is 36.6 Å². The first-order valence-corrected chi connectivity index (χ1v) is 8.35. The molecule has 0 radical (unpaired) electrons. The number of methoxy groups -OCH3 is 2. The summed E-state index contributed by atoms with van der Waals surface area (Å²) >= 11 is 1.31. The van der Waals surface area contributed by atoms with E-state index in [-0.39, 0.29) is 18.0 Å². The number of hydrogen-bond acceptors (Lipinski definition) is 6. The molecule has 1 N–H and O–H groups in total. The average molecular weight is 349 g/mol. The Morgan fingerprint density at radius 1 is 1.29 bits per heavy atom. The second kappa shape index (κ2) is 7.87. The fourth-order valence-electron chi connectivity index (χ4n) is 2.14. The molecule has 7 nitrogen and oxygen atoms in total. The Morgan fingerprint density at radius 3 is 2.67 bits per heavy atom. The highest BCUT2D eigenvalue weighted by atomic mass is 32.2. The number of nitrogens with zero attached hydrogens (tertiary/aromatic N) is 2. The largest absolute Gasteiger partial charge is 0.497 e. The normalized spacial score (nSPS) is 10.3. The van der Waals surface area contributed by atoms with Gasteiger partial charge in [0.05, 0.1) is 19.9 Å². The molecule has 128 valence electrons. The highest BCUT2D eigenvalue weighted by Crippen LogP contribution is 2.28. The van der Waals surface area contributed by atoms with E-state index in [4.69, 9.17) is 9.47 Å². The van der Waals surface area contributed by atoms with Gasteiger partial charge in [0.2, 0.25) is 5.91 Å². The second-order valence-corrected chi connectivity index (χ2v) is 5.70. The number of aryl methyl sites for hydroxylation is 1. The number of amides is 1. The fraction of sp³-hybridized carbons (Fsp3) is 0.312. The Kier molecular flexibility index (Phi) is 5.86. The number of ether oxygens (including phenoxy) is 2. The van der Waals surface area contributed by atoms with Crippen LogP contribution in [0.4, 0.5) is 5.69 Å². The van der Waals surface area contributed by atoms with Gasteiger partial charge in [-0.25, -0.2) is 4.98 Å². The van der Waals surface area contributed by atoms with Crippen molar-refractivity contribution in [2.24, 2.45) is 0 Å². The Hall–Kier alpha value is -2.48. The molecule has 0 aliphatic heterocycles. The minimum absolute atomic E-state index is 0.136. The van der Waals surface area contributed by atoms with E-state index in [2.05, 4.69) is 10.3 Å². The van der Waals surface area contributed by atoms with Gasteiger partial charge in [0, 0.05) is 17.8 Å². The Labute approximate surface area is 144 Å². The highest BCUT2D eigenvalue weighted by molar-refractivity contribution is 7.98. The summed E-state index contributed by atoms with van der Waals surface area (Å²) < 4.78 is 11.7. The number of rotatable bonds is 6. The van der Waals surface area contributed by atoms with Gasteiger partial charge in [-0.1, -0.05) is 11.8 Å². The van der Waals surface area contributed by atoms with Gasteiger partial charge in [0.25, 0.3) is 5.56 Å². The number of hydrogen-bond donors (Lipinski definition) is 1. The molecular weight excluding hydrogens is 330 g/mol. The van der Waals surface area contributed by atoms with Crippen LogP contribution in [-0.4, -0.2) is 35.9 Å². The summed E-state index contributed by atoms with van der Waals surface area (Å²) in [5, 5.41) is 3.23. The van der Waals surface area contributed by atoms with E-state index < -0.39 is 0 Å². The summed E-state index contributed by atoms with van der Waals surface area (Å²) in [6, 6.07) is 6.48. The molecule has 1 amide bonds. The molecule has 8 heteroatoms. The number of carbonyl (C=O) groups is 1. The van der Waals surface area contributed by atoms with Crippen LogP contribution in [-0.2, 0) is 11.3 Å². The van der Waals surface area contributed by atoms with Crippen molar-refractivity contribution >= 4 is 23.4 Å². The molecule has 0 aliphatic rings. The molecule has 0 atom stereocenters. The van der Waals surface area contributed by atoms with E-state index in [0.717, 1.165) is 0 Å². The van der Waals surface area contributed by atoms with E-state index in [1.807, 2.05) is 0 Å². The van der Waals surface area contributed by atoms with Crippen LogP contribution in [0.3, 0.4) is 0 Å². The molecule has 0 spiro atoms. The molecule has 0 saturated heterocycles. The monoisotopic (exact) mass is 349 g/mol. The predicted molar refractivity (Wildman–Crippen MR) is 93.2 cm³/mol. The van der Waals surface area contributed by atoms with Gasteiger partial charge in [0.1, 0.15) is 18.0 Å². The van der Waals surface area contributed by atoms with Crippen molar-refractivity contribution in [1.29, 1.82) is 0 Å². The van der Waals surface area contributed by atoms with Crippen molar-refractivity contribution in [2.75, 3.05) is 25.8 Å². The summed E-state index contributed by atoms with van der Waals surface area (Å²) in [4.78, 5) is 28.7. The third kappa shape index (κ3) is 4.08. The summed E-state index contributed by atoms with van der Waals surface area (Å²) in [6.45, 7) is 1.61. The molecule has 0 aliphatic carbocycles. The second-order valence-electron chi connectivity index (χ2n) is 4.92. The maximum Gasteiger partial charge on any atom is 0.254 e. The highest BCUT2D eigenvalue weighted by Gasteiger charge is 2.13. The van der Waals surface area contributed by atoms with Crippen molar-refractivity contribution < 1.29 is 14.3 Å². The average Bonchev–Trinajstić information content (AvgIpc) is 2.56. The molecule has 0 bridgehead atoms. The number of nitrogens with one attached hydrogen (secondary N) is 1. The lowest BCUT2D eigenvalue weighted by Crippen LogP contribution is -2.29. The number of carbonyl (C=O) groups excluding carboxylic acids is 1. The zero-order chi connectivity index (χ0) is 17.7. The third-order valence-corrected chi connectivity index (χ3v) is 3.94. The molecule has 1 heterocycles. The molecule has 1 aromatic heterocycles. The van der Waals surface area contributed by atoms with Crippen LogP contribution in [0.1, 0.15) is 5.69 Å². The fourth-order valence-corrected chi connectivity index (χ4v) is 2.75. The van der Waals surface area contributed by atoms with E-state index in [9.17, 15) is 9.59 Å². The van der Waals surface area contributed by atoms with Gasteiger partial charge in [-0.3, -0.25) is 14.2 Å². The van der Waals surface area contributed by atoms with Crippen LogP contribution in [0.15, 0.2) is 34.2 Å². The zero-order valence-electron chi connectivity index (χ0n) is 14.0. The maximum atomic E-state index is 12.4. The minimum atomic E-state index is -0.357. The quantitative estimate of drug-likeness (QED) is 0.634. The van der Waals surface area contributed by atoms with Crippen LogP contribution in [0.25, 0.3) is 0 Å². The molecule has 2 rings (SSSR count). The molecule has 0 fully saturated rings. The van der Waals surface area contributed by atoms with Crippen molar-refractivity contribution in [3.63, 3.8) is 0 Å². The van der Waals surface area contributed by atoms with Crippen molar-refractivity contribution in [2.45, 2.75) is 18.6 Å². The standard InChI is InChI=1S/C16H19N3O4S/c1-10-7-15(21)19(16(17-10)24-4)9-14(20)18-12-8-11(22-2)5-6-13(12)23-3/h5-8H,9H2,1-4H3,(H,18,20). The van der Waals surface area contributed by atoms with Gasteiger partial charge in [-0.2, -0.15) is 0 Å². The summed E-state index contributed by atoms with van der Waals surface area (Å²) in [7, 11) is 3.05. The van der Waals surface area contributed by atoms with Crippen LogP contribution in [0.2, 0.25) is 0 Å². The number of benzene rings is 1. The summed E-state index contributed by atoms with van der Waals surface area (Å²) in [5.41, 5.74) is 0.829. The van der Waals surface area contributed by atoms with Gasteiger partial charge in [-0.05, 0) is 25.3 Å². The Morgan fingerprint density at radius 2 is 2.04 bits per heavy atom. The molecule has 0 unspecified atom stereocenters. The first-order chi connectivity index (χ1) is 11.5. The van der Waals surface area contributed by atoms with Gasteiger partial charge >= 0.3 is 0 Å². The lowest BCUT2D eigenvalue weighted by atomic mass is 10.2. The van der Waals surface area contributed by atoms with E-state index >= 15 is 0 Å². The third-order valence-electron chi connectivity index (χ3n) is 3.27. The Bertz CT molecular complexity index is 804. The zero-order valence-corrected chi connectivity index (χ0v) is 14.8. The van der Waals surface area contributed by atoms with Gasteiger partial charge in [-0.15, -0.1) is 0 Å². The van der Waals surface area contributed by atoms with Crippen molar-refractivity contribution in [1.82, 2.24) is 9.55 Å². The maximum absolute atomic E-state index is 12.4. The summed E-state index contributed by atoms with van der Waals surface area (Å²) in [5.74, 6) is 0.735.